The number of hydrogen-bond acceptors (Lipinski definition) is 2. The number of hydrogen-bond donors (Lipinski definition) is 1. The molecule has 2 rings (SSSR count). The van der Waals surface area contributed by atoms with Gasteiger partial charge in [0.1, 0.15) is 0 Å². The van der Waals surface area contributed by atoms with Crippen LogP contribution in [0.1, 0.15) is 29.2 Å². The summed E-state index contributed by atoms with van der Waals surface area (Å²) in [5, 5.41) is 0.653. The van der Waals surface area contributed by atoms with Crippen molar-refractivity contribution in [2.75, 3.05) is 11.5 Å². The van der Waals surface area contributed by atoms with E-state index in [1.165, 1.54) is 29.7 Å². The zero-order valence-electron chi connectivity index (χ0n) is 7.92. The first-order valence-electron chi connectivity index (χ1n) is 4.75. The van der Waals surface area contributed by atoms with Crippen molar-refractivity contribution in [3.63, 3.8) is 0 Å². The Labute approximate surface area is 83.7 Å². The second-order valence-corrected chi connectivity index (χ2v) is 4.94. The van der Waals surface area contributed by atoms with E-state index < -0.39 is 0 Å². The van der Waals surface area contributed by atoms with Gasteiger partial charge in [0.25, 0.3) is 0 Å². The predicted molar refractivity (Wildman–Crippen MR) is 60.0 cm³/mol. The SMILES string of the molecule is Cc1ccc(N)c(C2CCCS2)c1. The van der Waals surface area contributed by atoms with Crippen LogP contribution in [0.3, 0.4) is 0 Å². The van der Waals surface area contributed by atoms with Crippen molar-refractivity contribution in [1.29, 1.82) is 0 Å². The van der Waals surface area contributed by atoms with E-state index in [9.17, 15) is 0 Å². The molecule has 13 heavy (non-hydrogen) atoms. The van der Waals surface area contributed by atoms with E-state index in [1.807, 2.05) is 17.8 Å². The molecule has 1 aliphatic heterocycles. The zero-order valence-corrected chi connectivity index (χ0v) is 8.73. The van der Waals surface area contributed by atoms with E-state index in [2.05, 4.69) is 19.1 Å². The molecule has 0 aliphatic carbocycles. The highest BCUT2D eigenvalue weighted by molar-refractivity contribution is 7.99. The fourth-order valence-electron chi connectivity index (χ4n) is 1.80. The zero-order chi connectivity index (χ0) is 9.26. The van der Waals surface area contributed by atoms with Gasteiger partial charge in [0.05, 0.1) is 0 Å². The molecule has 1 unspecified atom stereocenters. The fourth-order valence-corrected chi connectivity index (χ4v) is 3.13. The maximum absolute atomic E-state index is 5.96. The maximum Gasteiger partial charge on any atom is 0.0358 e. The highest BCUT2D eigenvalue weighted by Gasteiger charge is 2.19. The van der Waals surface area contributed by atoms with Gasteiger partial charge in [0, 0.05) is 10.9 Å². The van der Waals surface area contributed by atoms with Gasteiger partial charge in [-0.05, 0) is 37.1 Å². The third kappa shape index (κ3) is 1.83. The molecule has 0 spiro atoms. The Kier molecular flexibility index (Phi) is 2.49. The second kappa shape index (κ2) is 3.62. The van der Waals surface area contributed by atoms with Gasteiger partial charge in [0.15, 0.2) is 0 Å². The molecule has 2 heteroatoms. The quantitative estimate of drug-likeness (QED) is 0.693. The van der Waals surface area contributed by atoms with E-state index in [0.29, 0.717) is 5.25 Å². The van der Waals surface area contributed by atoms with Crippen molar-refractivity contribution in [3.05, 3.63) is 29.3 Å². The first kappa shape index (κ1) is 8.95. The summed E-state index contributed by atoms with van der Waals surface area (Å²) in [5.74, 6) is 1.29. The van der Waals surface area contributed by atoms with Crippen molar-refractivity contribution in [2.45, 2.75) is 25.0 Å². The van der Waals surface area contributed by atoms with Crippen LogP contribution in [-0.4, -0.2) is 5.75 Å². The Balaban J connectivity index is 2.32. The average molecular weight is 193 g/mol. The smallest absolute Gasteiger partial charge is 0.0358 e. The topological polar surface area (TPSA) is 26.0 Å². The van der Waals surface area contributed by atoms with Crippen molar-refractivity contribution in [1.82, 2.24) is 0 Å². The summed E-state index contributed by atoms with van der Waals surface area (Å²) < 4.78 is 0. The van der Waals surface area contributed by atoms with Crippen molar-refractivity contribution in [2.24, 2.45) is 0 Å². The average Bonchev–Trinajstić information content (AvgIpc) is 2.61. The van der Waals surface area contributed by atoms with Crippen LogP contribution in [0.5, 0.6) is 0 Å². The number of nitrogen functional groups attached to an aromatic ring is 1. The Morgan fingerprint density at radius 1 is 1.46 bits per heavy atom. The van der Waals surface area contributed by atoms with Gasteiger partial charge < -0.3 is 5.73 Å². The number of anilines is 1. The van der Waals surface area contributed by atoms with Gasteiger partial charge in [-0.25, -0.2) is 0 Å². The predicted octanol–water partition coefficient (Wildman–Crippen LogP) is 3.15. The van der Waals surface area contributed by atoms with Crippen LogP contribution in [0.4, 0.5) is 5.69 Å². The summed E-state index contributed by atoms with van der Waals surface area (Å²) in [5.41, 5.74) is 9.58. The van der Waals surface area contributed by atoms with Crippen molar-refractivity contribution in [3.8, 4) is 0 Å². The summed E-state index contributed by atoms with van der Waals surface area (Å²) in [7, 11) is 0. The molecule has 1 saturated heterocycles. The van der Waals surface area contributed by atoms with Gasteiger partial charge in [-0.3, -0.25) is 0 Å². The fraction of sp³-hybridized carbons (Fsp3) is 0.455. The minimum absolute atomic E-state index is 0.653. The van der Waals surface area contributed by atoms with E-state index in [-0.39, 0.29) is 0 Å². The van der Waals surface area contributed by atoms with Gasteiger partial charge in [-0.15, -0.1) is 0 Å². The second-order valence-electron chi connectivity index (χ2n) is 3.63. The molecule has 1 fully saturated rings. The number of benzene rings is 1. The van der Waals surface area contributed by atoms with E-state index >= 15 is 0 Å². The van der Waals surface area contributed by atoms with Crippen LogP contribution in [0.25, 0.3) is 0 Å². The number of thioether (sulfide) groups is 1. The molecule has 1 aliphatic rings. The highest BCUT2D eigenvalue weighted by atomic mass is 32.2. The molecule has 70 valence electrons. The Morgan fingerprint density at radius 3 is 3.00 bits per heavy atom. The molecule has 1 aromatic carbocycles. The number of rotatable bonds is 1. The Bertz CT molecular complexity index is 303. The Hall–Kier alpha value is -0.630. The normalized spacial score (nSPS) is 22.1. The maximum atomic E-state index is 5.96. The van der Waals surface area contributed by atoms with Crippen LogP contribution in [0, 0.1) is 6.92 Å². The lowest BCUT2D eigenvalue weighted by Gasteiger charge is -2.12. The van der Waals surface area contributed by atoms with Gasteiger partial charge in [0.2, 0.25) is 0 Å². The lowest BCUT2D eigenvalue weighted by atomic mass is 10.0. The molecule has 2 N–H and O–H groups in total. The van der Waals surface area contributed by atoms with Gasteiger partial charge >= 0.3 is 0 Å². The Morgan fingerprint density at radius 2 is 2.31 bits per heavy atom. The molecule has 1 aromatic rings. The lowest BCUT2D eigenvalue weighted by Crippen LogP contribution is -1.97. The highest BCUT2D eigenvalue weighted by Crippen LogP contribution is 2.42. The minimum atomic E-state index is 0.653. The lowest BCUT2D eigenvalue weighted by molar-refractivity contribution is 0.830. The van der Waals surface area contributed by atoms with Crippen LogP contribution in [0.2, 0.25) is 0 Å². The molecule has 0 aromatic heterocycles. The largest absolute Gasteiger partial charge is 0.398 e. The van der Waals surface area contributed by atoms with E-state index in [1.54, 1.807) is 0 Å². The van der Waals surface area contributed by atoms with Crippen LogP contribution in [0.15, 0.2) is 18.2 Å². The summed E-state index contributed by atoms with van der Waals surface area (Å²) in [6.45, 7) is 2.13. The van der Waals surface area contributed by atoms with Crippen LogP contribution < -0.4 is 5.73 Å². The summed E-state index contributed by atoms with van der Waals surface area (Å²) in [6.07, 6.45) is 2.63. The monoisotopic (exact) mass is 193 g/mol. The van der Waals surface area contributed by atoms with E-state index in [0.717, 1.165) is 5.69 Å². The van der Waals surface area contributed by atoms with Crippen molar-refractivity contribution >= 4 is 17.4 Å². The summed E-state index contributed by atoms with van der Waals surface area (Å²) >= 11 is 2.04. The van der Waals surface area contributed by atoms with Crippen LogP contribution in [-0.2, 0) is 0 Å². The molecule has 0 amide bonds. The third-order valence-electron chi connectivity index (χ3n) is 2.52. The number of nitrogens with two attached hydrogens (primary N) is 1. The number of aryl methyl sites for hydroxylation is 1. The summed E-state index contributed by atoms with van der Waals surface area (Å²) in [6, 6.07) is 6.35. The van der Waals surface area contributed by atoms with E-state index in [4.69, 9.17) is 5.73 Å². The molecule has 0 bridgehead atoms. The molecular weight excluding hydrogens is 178 g/mol. The van der Waals surface area contributed by atoms with Crippen molar-refractivity contribution < 1.29 is 0 Å². The molecule has 1 nitrogen and oxygen atoms in total. The van der Waals surface area contributed by atoms with Crippen LogP contribution >= 0.6 is 11.8 Å². The molecule has 1 heterocycles. The first-order valence-corrected chi connectivity index (χ1v) is 5.80. The molecule has 1 atom stereocenters. The third-order valence-corrected chi connectivity index (χ3v) is 3.94. The molecule has 0 radical (unpaired) electrons. The molecular formula is C11H15NS. The van der Waals surface area contributed by atoms with Gasteiger partial charge in [-0.2, -0.15) is 11.8 Å². The minimum Gasteiger partial charge on any atom is -0.398 e. The van der Waals surface area contributed by atoms with Gasteiger partial charge in [-0.1, -0.05) is 17.7 Å². The standard InChI is InChI=1S/C11H15NS/c1-8-4-5-10(12)9(7-8)11-3-2-6-13-11/h4-5,7,11H,2-3,6,12H2,1H3. The first-order chi connectivity index (χ1) is 6.27. The summed E-state index contributed by atoms with van der Waals surface area (Å²) in [4.78, 5) is 0. The molecule has 0 saturated carbocycles.